The molecule has 0 amide bonds. The lowest BCUT2D eigenvalue weighted by Crippen LogP contribution is -2.57. The van der Waals surface area contributed by atoms with Crippen LogP contribution in [0.5, 0.6) is 0 Å². The average Bonchev–Trinajstić information content (AvgIpc) is 3.31. The molecule has 4 rings (SSSR count). The lowest BCUT2D eigenvalue weighted by Gasteiger charge is -2.43. The molecule has 0 radical (unpaired) electrons. The zero-order valence-corrected chi connectivity index (χ0v) is 16.4. The van der Waals surface area contributed by atoms with E-state index in [2.05, 4.69) is 14.1 Å². The van der Waals surface area contributed by atoms with Crippen LogP contribution in [0, 0.1) is 0 Å². The lowest BCUT2D eigenvalue weighted by atomic mass is 9.96. The maximum absolute atomic E-state index is 13.1. The number of rotatable bonds is 4. The highest BCUT2D eigenvalue weighted by atomic mass is 32.1. The van der Waals surface area contributed by atoms with E-state index in [0.29, 0.717) is 33.5 Å². The van der Waals surface area contributed by atoms with Crippen LogP contribution in [0.3, 0.4) is 0 Å². The van der Waals surface area contributed by atoms with Crippen LogP contribution in [0.15, 0.2) is 35.0 Å². The van der Waals surface area contributed by atoms with Gasteiger partial charge in [-0.1, -0.05) is 12.1 Å². The summed E-state index contributed by atoms with van der Waals surface area (Å²) in [6.07, 6.45) is 1.40. The molecule has 2 bridgehead atoms. The molecule has 138 valence electrons. The van der Waals surface area contributed by atoms with E-state index in [9.17, 15) is 14.7 Å². The number of aliphatic hydroxyl groups is 1. The summed E-state index contributed by atoms with van der Waals surface area (Å²) >= 11 is 2.66. The summed E-state index contributed by atoms with van der Waals surface area (Å²) in [4.78, 5) is 26.4. The Morgan fingerprint density at radius 2 is 1.81 bits per heavy atom. The number of carbonyl (C=O) groups excluding carboxylic acids is 2. The standard InChI is InChI=1S/C19H22NO4S2/c1-20(2)12-9-13(11-14(20)15(21)10-12)24-18(22)19(23,16-5-3-7-25-16)17-6-4-8-26-17/h3-8,12-14,23H,9-11H2,1-2H3/q+1/t12?,13-,14?/m0/s1. The van der Waals surface area contributed by atoms with Gasteiger partial charge in [0.05, 0.1) is 36.3 Å². The first-order valence-corrected chi connectivity index (χ1v) is 10.5. The summed E-state index contributed by atoms with van der Waals surface area (Å²) in [5, 5.41) is 15.0. The number of quaternary nitrogens is 1. The summed E-state index contributed by atoms with van der Waals surface area (Å²) in [5.41, 5.74) is -1.78. The van der Waals surface area contributed by atoms with Crippen molar-refractivity contribution in [3.8, 4) is 0 Å². The van der Waals surface area contributed by atoms with Crippen molar-refractivity contribution in [1.82, 2.24) is 0 Å². The van der Waals surface area contributed by atoms with Crippen LogP contribution in [0.25, 0.3) is 0 Å². The van der Waals surface area contributed by atoms with E-state index in [1.807, 2.05) is 22.9 Å². The van der Waals surface area contributed by atoms with E-state index < -0.39 is 11.6 Å². The molecule has 2 saturated heterocycles. The first-order valence-electron chi connectivity index (χ1n) is 8.71. The molecule has 2 aliphatic heterocycles. The molecule has 0 spiro atoms. The van der Waals surface area contributed by atoms with Gasteiger partial charge in [-0.05, 0) is 22.9 Å². The first-order chi connectivity index (χ1) is 12.3. The predicted molar refractivity (Wildman–Crippen MR) is 100 cm³/mol. The molecule has 3 atom stereocenters. The highest BCUT2D eigenvalue weighted by Crippen LogP contribution is 2.41. The normalized spacial score (nSPS) is 27.5. The second-order valence-corrected chi connectivity index (χ2v) is 9.53. The predicted octanol–water partition coefficient (Wildman–Crippen LogP) is 2.54. The Labute approximate surface area is 160 Å². The zero-order valence-electron chi connectivity index (χ0n) is 14.8. The molecule has 5 nitrogen and oxygen atoms in total. The molecule has 2 fully saturated rings. The minimum Gasteiger partial charge on any atom is -0.459 e. The van der Waals surface area contributed by atoms with Crippen LogP contribution < -0.4 is 0 Å². The van der Waals surface area contributed by atoms with Crippen molar-refractivity contribution in [2.45, 2.75) is 43.1 Å². The zero-order chi connectivity index (χ0) is 18.5. The van der Waals surface area contributed by atoms with Gasteiger partial charge in [0.2, 0.25) is 5.60 Å². The fourth-order valence-corrected chi connectivity index (χ4v) is 5.97. The Kier molecular flexibility index (Phi) is 4.30. The molecular formula is C19H22NO4S2+. The average molecular weight is 393 g/mol. The Morgan fingerprint density at radius 3 is 2.31 bits per heavy atom. The molecule has 26 heavy (non-hydrogen) atoms. The minimum absolute atomic E-state index is 0.122. The third-order valence-corrected chi connectivity index (χ3v) is 7.86. The third kappa shape index (κ3) is 2.65. The van der Waals surface area contributed by atoms with Crippen molar-refractivity contribution in [2.75, 3.05) is 14.1 Å². The molecule has 7 heteroatoms. The maximum atomic E-state index is 13.1. The molecule has 0 aromatic carbocycles. The van der Waals surface area contributed by atoms with Gasteiger partial charge in [0.1, 0.15) is 6.10 Å². The molecule has 0 saturated carbocycles. The Morgan fingerprint density at radius 1 is 1.19 bits per heavy atom. The number of piperidine rings is 1. The quantitative estimate of drug-likeness (QED) is 0.642. The van der Waals surface area contributed by atoms with Crippen LogP contribution in [0.1, 0.15) is 29.0 Å². The van der Waals surface area contributed by atoms with Crippen molar-refractivity contribution in [3.63, 3.8) is 0 Å². The lowest BCUT2D eigenvalue weighted by molar-refractivity contribution is -0.927. The summed E-state index contributed by atoms with van der Waals surface area (Å²) in [6.45, 7) is 0. The fourth-order valence-electron chi connectivity index (χ4n) is 4.26. The smallest absolute Gasteiger partial charge is 0.349 e. The number of likely N-dealkylation sites (N-methyl/N-ethyl adjacent to an activating group) is 1. The Bertz CT molecular complexity index is 778. The third-order valence-electron chi connectivity index (χ3n) is 5.90. The van der Waals surface area contributed by atoms with Crippen LogP contribution in [-0.2, 0) is 19.9 Å². The number of hydrogen-bond donors (Lipinski definition) is 1. The molecule has 2 aliphatic rings. The number of fused-ring (bicyclic) bond motifs is 2. The van der Waals surface area contributed by atoms with Gasteiger partial charge in [0, 0.05) is 12.8 Å². The number of Topliss-reactive ketones (excluding diaryl/α,β-unsaturated/α-hetero) is 1. The number of nitrogens with zero attached hydrogens (tertiary/aromatic N) is 1. The molecule has 2 aromatic heterocycles. The molecular weight excluding hydrogens is 370 g/mol. The summed E-state index contributed by atoms with van der Waals surface area (Å²) in [7, 11) is 4.15. The van der Waals surface area contributed by atoms with Gasteiger partial charge < -0.3 is 14.3 Å². The second kappa shape index (κ2) is 6.27. The summed E-state index contributed by atoms with van der Waals surface area (Å²) < 4.78 is 6.46. The molecule has 1 N–H and O–H groups in total. The number of ether oxygens (including phenoxy) is 1. The van der Waals surface area contributed by atoms with Crippen molar-refractivity contribution in [2.24, 2.45) is 0 Å². The SMILES string of the molecule is C[N+]1(C)C2CC(=O)C1C[C@@H](OC(=O)C(O)(c1cccs1)c1cccs1)C2. The van der Waals surface area contributed by atoms with E-state index in [0.717, 1.165) is 0 Å². The van der Waals surface area contributed by atoms with Gasteiger partial charge >= 0.3 is 5.97 Å². The largest absolute Gasteiger partial charge is 0.459 e. The maximum Gasteiger partial charge on any atom is 0.349 e. The van der Waals surface area contributed by atoms with Gasteiger partial charge in [0.25, 0.3) is 0 Å². The van der Waals surface area contributed by atoms with Gasteiger partial charge in [-0.3, -0.25) is 4.79 Å². The summed E-state index contributed by atoms with van der Waals surface area (Å²) in [6, 6.07) is 7.18. The van der Waals surface area contributed by atoms with Crippen LogP contribution in [-0.4, -0.2) is 53.6 Å². The number of ketones is 1. The molecule has 4 heterocycles. The number of hydrogen-bond acceptors (Lipinski definition) is 6. The summed E-state index contributed by atoms with van der Waals surface area (Å²) in [5.74, 6) is -0.392. The number of carbonyl (C=O) groups is 2. The van der Waals surface area contributed by atoms with Crippen LogP contribution >= 0.6 is 22.7 Å². The molecule has 2 aromatic rings. The van der Waals surface area contributed by atoms with Gasteiger partial charge in [-0.2, -0.15) is 0 Å². The number of esters is 1. The van der Waals surface area contributed by atoms with E-state index in [1.165, 1.54) is 22.7 Å². The second-order valence-electron chi connectivity index (χ2n) is 7.63. The highest BCUT2D eigenvalue weighted by Gasteiger charge is 2.56. The Balaban J connectivity index is 1.58. The topological polar surface area (TPSA) is 63.6 Å². The van der Waals surface area contributed by atoms with Crippen molar-refractivity contribution in [3.05, 3.63) is 44.8 Å². The van der Waals surface area contributed by atoms with Gasteiger partial charge in [-0.15, -0.1) is 22.7 Å². The highest BCUT2D eigenvalue weighted by molar-refractivity contribution is 7.12. The number of thiophene rings is 2. The fraction of sp³-hybridized carbons (Fsp3) is 0.474. The van der Waals surface area contributed by atoms with Crippen molar-refractivity contribution in [1.29, 1.82) is 0 Å². The van der Waals surface area contributed by atoms with Crippen molar-refractivity contribution >= 4 is 34.4 Å². The van der Waals surface area contributed by atoms with Crippen LogP contribution in [0.4, 0.5) is 0 Å². The van der Waals surface area contributed by atoms with Crippen LogP contribution in [0.2, 0.25) is 0 Å². The van der Waals surface area contributed by atoms with E-state index in [-0.39, 0.29) is 24.0 Å². The monoisotopic (exact) mass is 392 g/mol. The molecule has 2 unspecified atom stereocenters. The minimum atomic E-state index is -1.78. The molecule has 0 aliphatic carbocycles. The van der Waals surface area contributed by atoms with Gasteiger partial charge in [0.15, 0.2) is 11.8 Å². The van der Waals surface area contributed by atoms with Crippen molar-refractivity contribution < 1.29 is 23.9 Å². The van der Waals surface area contributed by atoms with E-state index >= 15 is 0 Å². The van der Waals surface area contributed by atoms with E-state index in [4.69, 9.17) is 4.74 Å². The first kappa shape index (κ1) is 17.9. The van der Waals surface area contributed by atoms with E-state index in [1.54, 1.807) is 12.1 Å². The van der Waals surface area contributed by atoms with Gasteiger partial charge in [-0.25, -0.2) is 4.79 Å². The Hall–Kier alpha value is -1.54.